The van der Waals surface area contributed by atoms with Gasteiger partial charge in [0.05, 0.1) is 6.10 Å². The zero-order chi connectivity index (χ0) is 14.4. The average molecular weight is 294 g/mol. The Hall–Kier alpha value is -0.330. The van der Waals surface area contributed by atoms with Crippen molar-refractivity contribution in [1.82, 2.24) is 10.6 Å². The maximum absolute atomic E-state index is 12.2. The van der Waals surface area contributed by atoms with Gasteiger partial charge < -0.3 is 15.4 Å². The third kappa shape index (κ3) is 5.97. The lowest BCUT2D eigenvalue weighted by molar-refractivity contribution is -0.188. The van der Waals surface area contributed by atoms with E-state index < -0.39 is 12.8 Å². The highest BCUT2D eigenvalue weighted by Crippen LogP contribution is 2.25. The first kappa shape index (κ1) is 16.0. The highest BCUT2D eigenvalue weighted by molar-refractivity contribution is 4.83. The van der Waals surface area contributed by atoms with Crippen LogP contribution in [0.5, 0.6) is 0 Å². The van der Waals surface area contributed by atoms with Crippen molar-refractivity contribution < 1.29 is 17.9 Å². The van der Waals surface area contributed by atoms with Crippen LogP contribution in [0.4, 0.5) is 13.2 Å². The fourth-order valence-corrected chi connectivity index (χ4v) is 3.18. The van der Waals surface area contributed by atoms with Gasteiger partial charge in [-0.25, -0.2) is 0 Å². The lowest BCUT2D eigenvalue weighted by Gasteiger charge is -2.32. The summed E-state index contributed by atoms with van der Waals surface area (Å²) in [5, 5.41) is 6.99. The van der Waals surface area contributed by atoms with E-state index in [0.717, 1.165) is 45.2 Å². The first-order valence-electron chi connectivity index (χ1n) is 7.68. The number of ether oxygens (including phenoxy) is 1. The van der Waals surface area contributed by atoms with Gasteiger partial charge in [-0.1, -0.05) is 0 Å². The van der Waals surface area contributed by atoms with Crippen molar-refractivity contribution in [3.8, 4) is 0 Å². The molecule has 0 bridgehead atoms. The van der Waals surface area contributed by atoms with E-state index in [2.05, 4.69) is 10.6 Å². The van der Waals surface area contributed by atoms with Crippen molar-refractivity contribution >= 4 is 0 Å². The van der Waals surface area contributed by atoms with Gasteiger partial charge in [0.15, 0.2) is 0 Å². The first-order chi connectivity index (χ1) is 9.53. The Balaban J connectivity index is 1.72. The van der Waals surface area contributed by atoms with E-state index in [1.807, 2.05) is 0 Å². The normalized spacial score (nSPS) is 32.9. The molecule has 2 N–H and O–H groups in total. The largest absolute Gasteiger partial charge is 0.411 e. The number of hydrogen-bond acceptors (Lipinski definition) is 3. The van der Waals surface area contributed by atoms with Crippen LogP contribution in [-0.2, 0) is 4.74 Å². The molecule has 6 heteroatoms. The molecule has 1 aliphatic heterocycles. The molecule has 0 radical (unpaired) electrons. The van der Waals surface area contributed by atoms with Crippen LogP contribution in [0.25, 0.3) is 0 Å². The summed E-state index contributed by atoms with van der Waals surface area (Å²) in [6, 6.07) is 0.807. The van der Waals surface area contributed by atoms with Crippen LogP contribution >= 0.6 is 0 Å². The molecule has 1 heterocycles. The van der Waals surface area contributed by atoms with Crippen molar-refractivity contribution in [1.29, 1.82) is 0 Å². The van der Waals surface area contributed by atoms with Gasteiger partial charge in [-0.3, -0.25) is 0 Å². The predicted octanol–water partition coefficient (Wildman–Crippen LogP) is 2.61. The molecule has 0 aromatic rings. The van der Waals surface area contributed by atoms with E-state index in [9.17, 15) is 13.2 Å². The fraction of sp³-hybridized carbons (Fsp3) is 1.00. The Bertz CT molecular complexity index is 278. The summed E-state index contributed by atoms with van der Waals surface area (Å²) in [6.45, 7) is 0.982. The zero-order valence-electron chi connectivity index (χ0n) is 11.8. The average Bonchev–Trinajstić information content (AvgIpc) is 2.65. The smallest absolute Gasteiger partial charge is 0.369 e. The minimum Gasteiger partial charge on any atom is -0.369 e. The summed E-state index contributed by atoms with van der Waals surface area (Å²) >= 11 is 0. The minimum absolute atomic E-state index is 0.244. The van der Waals surface area contributed by atoms with Crippen molar-refractivity contribution in [2.24, 2.45) is 0 Å². The first-order valence-corrected chi connectivity index (χ1v) is 7.68. The SMILES string of the molecule is FC(F)(F)COC1CCCC(NC2CCCNCC2)C1. The van der Waals surface area contributed by atoms with Crippen molar-refractivity contribution in [2.75, 3.05) is 19.7 Å². The molecule has 1 saturated heterocycles. The van der Waals surface area contributed by atoms with Crippen LogP contribution in [0.2, 0.25) is 0 Å². The standard InChI is InChI=1S/C14H25F3N2O/c15-14(16,17)10-20-13-5-1-3-12(9-13)19-11-4-2-7-18-8-6-11/h11-13,18-19H,1-10H2. The molecule has 2 aliphatic rings. The quantitative estimate of drug-likeness (QED) is 0.836. The van der Waals surface area contributed by atoms with E-state index in [1.54, 1.807) is 0 Å². The van der Waals surface area contributed by atoms with E-state index >= 15 is 0 Å². The number of rotatable bonds is 4. The monoisotopic (exact) mass is 294 g/mol. The zero-order valence-corrected chi connectivity index (χ0v) is 11.8. The van der Waals surface area contributed by atoms with E-state index in [1.165, 1.54) is 6.42 Å². The molecule has 0 amide bonds. The van der Waals surface area contributed by atoms with Gasteiger partial charge in [-0.2, -0.15) is 13.2 Å². The molecule has 2 rings (SSSR count). The number of nitrogens with one attached hydrogen (secondary N) is 2. The van der Waals surface area contributed by atoms with Gasteiger partial charge in [-0.05, 0) is 58.0 Å². The Labute approximate surface area is 118 Å². The summed E-state index contributed by atoms with van der Waals surface area (Å²) in [5.74, 6) is 0. The van der Waals surface area contributed by atoms with Crippen LogP contribution in [0.3, 0.4) is 0 Å². The van der Waals surface area contributed by atoms with Crippen LogP contribution in [-0.4, -0.2) is 44.1 Å². The maximum atomic E-state index is 12.2. The summed E-state index contributed by atoms with van der Waals surface area (Å²) in [7, 11) is 0. The van der Waals surface area contributed by atoms with Gasteiger partial charge in [0, 0.05) is 12.1 Å². The topological polar surface area (TPSA) is 33.3 Å². The Kier molecular flexibility index (Phi) is 6.11. The summed E-state index contributed by atoms with van der Waals surface area (Å²) in [4.78, 5) is 0. The van der Waals surface area contributed by atoms with Crippen LogP contribution in [0.15, 0.2) is 0 Å². The number of halogens is 3. The van der Waals surface area contributed by atoms with Crippen LogP contribution in [0.1, 0.15) is 44.9 Å². The van der Waals surface area contributed by atoms with Gasteiger partial charge in [-0.15, -0.1) is 0 Å². The molecule has 3 nitrogen and oxygen atoms in total. The number of alkyl halides is 3. The highest BCUT2D eigenvalue weighted by atomic mass is 19.4. The molecule has 0 aromatic carbocycles. The molecule has 20 heavy (non-hydrogen) atoms. The summed E-state index contributed by atoms with van der Waals surface area (Å²) in [6.07, 6.45) is 2.42. The van der Waals surface area contributed by atoms with Gasteiger partial charge in [0.25, 0.3) is 0 Å². The Morgan fingerprint density at radius 2 is 1.80 bits per heavy atom. The molecular weight excluding hydrogens is 269 g/mol. The lowest BCUT2D eigenvalue weighted by atomic mass is 9.91. The Morgan fingerprint density at radius 1 is 1.00 bits per heavy atom. The molecule has 2 fully saturated rings. The molecule has 118 valence electrons. The third-order valence-electron chi connectivity index (χ3n) is 4.16. The molecule has 0 aromatic heterocycles. The molecular formula is C14H25F3N2O. The molecule has 3 atom stereocenters. The van der Waals surface area contributed by atoms with Gasteiger partial charge in [0.1, 0.15) is 6.61 Å². The third-order valence-corrected chi connectivity index (χ3v) is 4.16. The van der Waals surface area contributed by atoms with E-state index in [-0.39, 0.29) is 6.10 Å². The molecule has 0 spiro atoms. The fourth-order valence-electron chi connectivity index (χ4n) is 3.18. The van der Waals surface area contributed by atoms with Gasteiger partial charge >= 0.3 is 6.18 Å². The summed E-state index contributed by atoms with van der Waals surface area (Å²) < 4.78 is 41.5. The van der Waals surface area contributed by atoms with Crippen molar-refractivity contribution in [2.45, 2.75) is 69.3 Å². The van der Waals surface area contributed by atoms with Crippen molar-refractivity contribution in [3.63, 3.8) is 0 Å². The molecule has 1 aliphatic carbocycles. The molecule has 3 unspecified atom stereocenters. The van der Waals surface area contributed by atoms with Gasteiger partial charge in [0.2, 0.25) is 0 Å². The highest BCUT2D eigenvalue weighted by Gasteiger charge is 2.31. The molecule has 1 saturated carbocycles. The predicted molar refractivity (Wildman–Crippen MR) is 71.7 cm³/mol. The summed E-state index contributed by atoms with van der Waals surface area (Å²) in [5.41, 5.74) is 0. The maximum Gasteiger partial charge on any atom is 0.411 e. The van der Waals surface area contributed by atoms with E-state index in [4.69, 9.17) is 4.74 Å². The minimum atomic E-state index is -4.21. The van der Waals surface area contributed by atoms with Crippen LogP contribution in [0, 0.1) is 0 Å². The Morgan fingerprint density at radius 3 is 2.60 bits per heavy atom. The second kappa shape index (κ2) is 7.61. The lowest BCUT2D eigenvalue weighted by Crippen LogP contribution is -2.43. The van der Waals surface area contributed by atoms with E-state index in [0.29, 0.717) is 18.5 Å². The van der Waals surface area contributed by atoms with Crippen LogP contribution < -0.4 is 10.6 Å². The number of hydrogen-bond donors (Lipinski definition) is 2. The van der Waals surface area contributed by atoms with Crippen molar-refractivity contribution in [3.05, 3.63) is 0 Å². The second-order valence-corrected chi connectivity index (χ2v) is 5.96. The second-order valence-electron chi connectivity index (χ2n) is 5.96.